The van der Waals surface area contributed by atoms with E-state index < -0.39 is 0 Å². The second-order valence-corrected chi connectivity index (χ2v) is 8.48. The molecule has 1 aromatic carbocycles. The van der Waals surface area contributed by atoms with Gasteiger partial charge < -0.3 is 10.0 Å². The number of nitrogens with zero attached hydrogens (tertiary/aromatic N) is 3. The zero-order chi connectivity index (χ0) is 18.1. The number of aliphatic hydroxyl groups excluding tert-OH is 1. The Balaban J connectivity index is 1.41. The van der Waals surface area contributed by atoms with Crippen molar-refractivity contribution in [2.75, 3.05) is 31.1 Å². The van der Waals surface area contributed by atoms with Crippen molar-refractivity contribution in [3.63, 3.8) is 0 Å². The first-order valence-electron chi connectivity index (χ1n) is 9.96. The topological polar surface area (TPSA) is 69.9 Å². The van der Waals surface area contributed by atoms with Gasteiger partial charge in [0.25, 0.3) is 5.69 Å². The van der Waals surface area contributed by atoms with Crippen molar-refractivity contribution in [3.8, 4) is 0 Å². The fraction of sp³-hybridized carbons (Fsp3) is 0.700. The number of non-ortho nitro benzene ring substituents is 1. The van der Waals surface area contributed by atoms with Gasteiger partial charge in [0.05, 0.1) is 11.0 Å². The van der Waals surface area contributed by atoms with Gasteiger partial charge in [-0.25, -0.2) is 0 Å². The molecule has 3 aliphatic rings. The molecule has 26 heavy (non-hydrogen) atoms. The molecule has 1 aliphatic carbocycles. The molecule has 1 spiro atoms. The molecule has 0 amide bonds. The Hall–Kier alpha value is -1.66. The van der Waals surface area contributed by atoms with Crippen LogP contribution >= 0.6 is 0 Å². The summed E-state index contributed by atoms with van der Waals surface area (Å²) in [7, 11) is 0. The molecule has 142 valence electrons. The van der Waals surface area contributed by atoms with Gasteiger partial charge in [0.1, 0.15) is 0 Å². The molecule has 0 aromatic heterocycles. The van der Waals surface area contributed by atoms with Crippen LogP contribution in [0, 0.1) is 15.5 Å². The van der Waals surface area contributed by atoms with Crippen LogP contribution in [0.25, 0.3) is 0 Å². The number of hydrogen-bond donors (Lipinski definition) is 1. The SMILES string of the molecule is O=[N+]([O-])c1ccc(N2CCCC3(CCN(C4CCC(O)CC4)C3)C2)cc1. The van der Waals surface area contributed by atoms with Crippen LogP contribution in [-0.2, 0) is 0 Å². The quantitative estimate of drug-likeness (QED) is 0.663. The highest BCUT2D eigenvalue weighted by Crippen LogP contribution is 2.42. The fourth-order valence-corrected chi connectivity index (χ4v) is 5.25. The van der Waals surface area contributed by atoms with E-state index in [-0.39, 0.29) is 16.7 Å². The third-order valence-corrected chi connectivity index (χ3v) is 6.74. The van der Waals surface area contributed by atoms with Crippen molar-refractivity contribution in [2.45, 2.75) is 57.1 Å². The highest BCUT2D eigenvalue weighted by atomic mass is 16.6. The molecule has 4 rings (SSSR count). The van der Waals surface area contributed by atoms with E-state index in [1.165, 1.54) is 25.8 Å². The van der Waals surface area contributed by atoms with Crippen LogP contribution in [0.5, 0.6) is 0 Å². The minimum Gasteiger partial charge on any atom is -0.393 e. The molecular formula is C20H29N3O3. The summed E-state index contributed by atoms with van der Waals surface area (Å²) >= 11 is 0. The Morgan fingerprint density at radius 2 is 1.77 bits per heavy atom. The lowest BCUT2D eigenvalue weighted by molar-refractivity contribution is -0.384. The van der Waals surface area contributed by atoms with E-state index in [2.05, 4.69) is 9.80 Å². The van der Waals surface area contributed by atoms with E-state index >= 15 is 0 Å². The van der Waals surface area contributed by atoms with Gasteiger partial charge in [-0.15, -0.1) is 0 Å². The number of nitro benzene ring substituents is 1. The Kier molecular flexibility index (Phi) is 4.88. The molecule has 3 fully saturated rings. The van der Waals surface area contributed by atoms with E-state index in [0.29, 0.717) is 11.5 Å². The van der Waals surface area contributed by atoms with Crippen molar-refractivity contribution in [3.05, 3.63) is 34.4 Å². The Labute approximate surface area is 154 Å². The summed E-state index contributed by atoms with van der Waals surface area (Å²) in [5.41, 5.74) is 1.62. The monoisotopic (exact) mass is 359 g/mol. The Bertz CT molecular complexity index is 642. The third-order valence-electron chi connectivity index (χ3n) is 6.74. The summed E-state index contributed by atoms with van der Waals surface area (Å²) in [6.45, 7) is 4.43. The number of rotatable bonds is 3. The molecule has 0 radical (unpaired) electrons. The molecule has 2 heterocycles. The highest BCUT2D eigenvalue weighted by Gasteiger charge is 2.43. The minimum atomic E-state index is -0.336. The lowest BCUT2D eigenvalue weighted by atomic mass is 9.79. The molecular weight excluding hydrogens is 330 g/mol. The largest absolute Gasteiger partial charge is 0.393 e. The average molecular weight is 359 g/mol. The Morgan fingerprint density at radius 1 is 1.04 bits per heavy atom. The van der Waals surface area contributed by atoms with Crippen molar-refractivity contribution in [1.82, 2.24) is 4.90 Å². The van der Waals surface area contributed by atoms with Crippen LogP contribution in [-0.4, -0.2) is 53.3 Å². The molecule has 2 aliphatic heterocycles. The number of aliphatic hydroxyl groups is 1. The molecule has 1 unspecified atom stereocenters. The number of hydrogen-bond acceptors (Lipinski definition) is 5. The summed E-state index contributed by atoms with van der Waals surface area (Å²) in [5.74, 6) is 0. The number of anilines is 1. The molecule has 1 saturated carbocycles. The van der Waals surface area contributed by atoms with E-state index in [1.54, 1.807) is 12.1 Å². The second-order valence-electron chi connectivity index (χ2n) is 8.48. The highest BCUT2D eigenvalue weighted by molar-refractivity contribution is 5.51. The number of likely N-dealkylation sites (tertiary alicyclic amines) is 1. The molecule has 0 bridgehead atoms. The number of piperidine rings is 1. The lowest BCUT2D eigenvalue weighted by Crippen LogP contribution is -2.46. The molecule has 6 heteroatoms. The maximum absolute atomic E-state index is 10.9. The fourth-order valence-electron chi connectivity index (χ4n) is 5.25. The van der Waals surface area contributed by atoms with Crippen molar-refractivity contribution < 1.29 is 10.0 Å². The van der Waals surface area contributed by atoms with Gasteiger partial charge in [-0.3, -0.25) is 15.0 Å². The molecule has 1 N–H and O–H groups in total. The minimum absolute atomic E-state index is 0.0878. The van der Waals surface area contributed by atoms with Gasteiger partial charge in [-0.05, 0) is 63.6 Å². The third kappa shape index (κ3) is 3.58. The molecule has 6 nitrogen and oxygen atoms in total. The van der Waals surface area contributed by atoms with E-state index in [1.807, 2.05) is 12.1 Å². The first kappa shape index (κ1) is 17.7. The summed E-state index contributed by atoms with van der Waals surface area (Å²) in [6.07, 6.45) is 7.78. The van der Waals surface area contributed by atoms with Gasteiger partial charge in [0.15, 0.2) is 0 Å². The predicted octanol–water partition coefficient (Wildman–Crippen LogP) is 3.19. The smallest absolute Gasteiger partial charge is 0.269 e. The number of nitro groups is 1. The van der Waals surface area contributed by atoms with Gasteiger partial charge in [0, 0.05) is 48.9 Å². The van der Waals surface area contributed by atoms with Crippen LogP contribution in [0.2, 0.25) is 0 Å². The van der Waals surface area contributed by atoms with Crippen LogP contribution in [0.4, 0.5) is 11.4 Å². The van der Waals surface area contributed by atoms with Crippen LogP contribution < -0.4 is 4.90 Å². The summed E-state index contributed by atoms with van der Waals surface area (Å²) in [5, 5.41) is 20.6. The van der Waals surface area contributed by atoms with Crippen LogP contribution in [0.1, 0.15) is 44.9 Å². The maximum Gasteiger partial charge on any atom is 0.269 e. The Morgan fingerprint density at radius 3 is 2.46 bits per heavy atom. The van der Waals surface area contributed by atoms with Crippen LogP contribution in [0.3, 0.4) is 0 Å². The lowest BCUT2D eigenvalue weighted by Gasteiger charge is -2.42. The van der Waals surface area contributed by atoms with Crippen LogP contribution in [0.15, 0.2) is 24.3 Å². The molecule has 1 atom stereocenters. The predicted molar refractivity (Wildman–Crippen MR) is 101 cm³/mol. The second kappa shape index (κ2) is 7.16. The molecule has 2 saturated heterocycles. The zero-order valence-electron chi connectivity index (χ0n) is 15.3. The van der Waals surface area contributed by atoms with Gasteiger partial charge in [0.2, 0.25) is 0 Å². The standard InChI is InChI=1S/C20H29N3O3/c24-19-8-6-17(7-9-19)22-13-11-20(15-22)10-1-12-21(14-20)16-2-4-18(5-3-16)23(25)26/h2-5,17,19,24H,1,6-15H2. The van der Waals surface area contributed by atoms with E-state index in [0.717, 1.165) is 51.0 Å². The van der Waals surface area contributed by atoms with Crippen molar-refractivity contribution in [2.24, 2.45) is 5.41 Å². The van der Waals surface area contributed by atoms with E-state index in [4.69, 9.17) is 0 Å². The van der Waals surface area contributed by atoms with Crippen molar-refractivity contribution >= 4 is 11.4 Å². The zero-order valence-corrected chi connectivity index (χ0v) is 15.3. The van der Waals surface area contributed by atoms with Gasteiger partial charge in [-0.1, -0.05) is 0 Å². The number of benzene rings is 1. The summed E-state index contributed by atoms with van der Waals surface area (Å²) in [6, 6.07) is 7.67. The average Bonchev–Trinajstić information content (AvgIpc) is 3.05. The first-order chi connectivity index (χ1) is 12.5. The summed E-state index contributed by atoms with van der Waals surface area (Å²) < 4.78 is 0. The maximum atomic E-state index is 10.9. The molecule has 1 aromatic rings. The van der Waals surface area contributed by atoms with Crippen molar-refractivity contribution in [1.29, 1.82) is 0 Å². The van der Waals surface area contributed by atoms with Gasteiger partial charge in [-0.2, -0.15) is 0 Å². The van der Waals surface area contributed by atoms with Gasteiger partial charge >= 0.3 is 0 Å². The normalized spacial score (nSPS) is 32.9. The summed E-state index contributed by atoms with van der Waals surface area (Å²) in [4.78, 5) is 15.6. The first-order valence-corrected chi connectivity index (χ1v) is 9.96. The van der Waals surface area contributed by atoms with E-state index in [9.17, 15) is 15.2 Å².